The van der Waals surface area contributed by atoms with Crippen molar-refractivity contribution in [3.8, 4) is 0 Å². The molecule has 1 N–H and O–H groups in total. The van der Waals surface area contributed by atoms with Gasteiger partial charge in [0.2, 0.25) is 0 Å². The van der Waals surface area contributed by atoms with E-state index in [1.807, 2.05) is 20.8 Å². The van der Waals surface area contributed by atoms with E-state index in [1.165, 1.54) is 0 Å². The molecule has 1 aliphatic carbocycles. The van der Waals surface area contributed by atoms with Gasteiger partial charge in [0.25, 0.3) is 0 Å². The number of hydrogen-bond donors (Lipinski definition) is 1. The molecule has 0 spiro atoms. The minimum Gasteiger partial charge on any atom is -0.460 e. The van der Waals surface area contributed by atoms with Gasteiger partial charge in [-0.2, -0.15) is 0 Å². The van der Waals surface area contributed by atoms with Gasteiger partial charge in [0.15, 0.2) is 0 Å². The maximum atomic E-state index is 11.8. The molecule has 3 atom stereocenters. The van der Waals surface area contributed by atoms with E-state index < -0.39 is 0 Å². The first-order chi connectivity index (χ1) is 6.46. The van der Waals surface area contributed by atoms with E-state index in [-0.39, 0.29) is 17.5 Å². The van der Waals surface area contributed by atoms with Crippen LogP contribution in [-0.2, 0) is 9.53 Å². The summed E-state index contributed by atoms with van der Waals surface area (Å²) in [6.07, 6.45) is 2.13. The lowest BCUT2D eigenvalue weighted by Crippen LogP contribution is -2.37. The molecule has 1 saturated carbocycles. The van der Waals surface area contributed by atoms with Crippen LogP contribution in [0, 0.1) is 11.8 Å². The van der Waals surface area contributed by atoms with Gasteiger partial charge in [-0.15, -0.1) is 0 Å². The Morgan fingerprint density at radius 3 is 2.50 bits per heavy atom. The lowest BCUT2D eigenvalue weighted by atomic mass is 9.95. The molecule has 0 aromatic rings. The van der Waals surface area contributed by atoms with E-state index in [2.05, 4.69) is 5.32 Å². The standard InChI is InChI=1S/C11H19NO2/c1-11(2,3)14-10(13)9-5-8-4-7(9)6-12-8/h7-9,12H,4-6H2,1-3H3/t7-,8+,9+/m0/s1. The lowest BCUT2D eigenvalue weighted by molar-refractivity contribution is -0.161. The molecule has 0 aromatic carbocycles. The molecule has 3 nitrogen and oxygen atoms in total. The molecule has 2 fully saturated rings. The van der Waals surface area contributed by atoms with Crippen LogP contribution in [0.15, 0.2) is 0 Å². The van der Waals surface area contributed by atoms with Gasteiger partial charge in [-0.25, -0.2) is 0 Å². The van der Waals surface area contributed by atoms with Crippen molar-refractivity contribution in [2.75, 3.05) is 6.54 Å². The monoisotopic (exact) mass is 197 g/mol. The van der Waals surface area contributed by atoms with Crippen LogP contribution in [0.1, 0.15) is 33.6 Å². The van der Waals surface area contributed by atoms with E-state index in [0.717, 1.165) is 19.4 Å². The first-order valence-electron chi connectivity index (χ1n) is 5.42. The zero-order valence-corrected chi connectivity index (χ0v) is 9.17. The molecule has 1 aliphatic heterocycles. The number of esters is 1. The van der Waals surface area contributed by atoms with E-state index in [0.29, 0.717) is 12.0 Å². The molecule has 0 radical (unpaired) electrons. The highest BCUT2D eigenvalue weighted by Crippen LogP contribution is 2.37. The largest absolute Gasteiger partial charge is 0.460 e. The van der Waals surface area contributed by atoms with Crippen molar-refractivity contribution < 1.29 is 9.53 Å². The number of hydrogen-bond acceptors (Lipinski definition) is 3. The maximum Gasteiger partial charge on any atom is 0.309 e. The Kier molecular flexibility index (Phi) is 2.30. The Balaban J connectivity index is 1.93. The summed E-state index contributed by atoms with van der Waals surface area (Å²) < 4.78 is 5.41. The molecule has 2 rings (SSSR count). The Morgan fingerprint density at radius 1 is 1.36 bits per heavy atom. The highest BCUT2D eigenvalue weighted by Gasteiger charge is 2.44. The van der Waals surface area contributed by atoms with E-state index in [1.54, 1.807) is 0 Å². The van der Waals surface area contributed by atoms with Crippen molar-refractivity contribution in [1.82, 2.24) is 5.32 Å². The summed E-state index contributed by atoms with van der Waals surface area (Å²) in [4.78, 5) is 11.8. The number of ether oxygens (including phenoxy) is 1. The first-order valence-corrected chi connectivity index (χ1v) is 5.42. The molecule has 14 heavy (non-hydrogen) atoms. The van der Waals surface area contributed by atoms with Crippen LogP contribution in [-0.4, -0.2) is 24.2 Å². The SMILES string of the molecule is CC(C)(C)OC(=O)[C@@H]1C[C@H]2C[C@H]1CN2. The van der Waals surface area contributed by atoms with Gasteiger partial charge in [0, 0.05) is 6.04 Å². The average molecular weight is 197 g/mol. The molecule has 2 aliphatic rings. The fourth-order valence-electron chi connectivity index (χ4n) is 2.50. The van der Waals surface area contributed by atoms with Crippen molar-refractivity contribution >= 4 is 5.97 Å². The zero-order chi connectivity index (χ0) is 10.3. The van der Waals surface area contributed by atoms with Crippen LogP contribution in [0.5, 0.6) is 0 Å². The molecular formula is C11H19NO2. The highest BCUT2D eigenvalue weighted by atomic mass is 16.6. The van der Waals surface area contributed by atoms with Crippen LogP contribution in [0.2, 0.25) is 0 Å². The summed E-state index contributed by atoms with van der Waals surface area (Å²) in [5, 5.41) is 3.40. The number of piperidine rings is 1. The summed E-state index contributed by atoms with van der Waals surface area (Å²) in [6, 6.07) is 0.567. The fourth-order valence-corrected chi connectivity index (χ4v) is 2.50. The second-order valence-corrected chi connectivity index (χ2v) is 5.48. The topological polar surface area (TPSA) is 38.3 Å². The fraction of sp³-hybridized carbons (Fsp3) is 0.909. The minimum absolute atomic E-state index is 0.00602. The maximum absolute atomic E-state index is 11.8. The Morgan fingerprint density at radius 2 is 2.07 bits per heavy atom. The van der Waals surface area contributed by atoms with E-state index in [9.17, 15) is 4.79 Å². The van der Waals surface area contributed by atoms with Crippen LogP contribution in [0.3, 0.4) is 0 Å². The van der Waals surface area contributed by atoms with Gasteiger partial charge in [0.1, 0.15) is 5.60 Å². The predicted octanol–water partition coefficient (Wildman–Crippen LogP) is 1.33. The lowest BCUT2D eigenvalue weighted by Gasteiger charge is -2.26. The molecule has 80 valence electrons. The van der Waals surface area contributed by atoms with Gasteiger partial charge in [0.05, 0.1) is 5.92 Å². The number of fused-ring (bicyclic) bond motifs is 2. The molecule has 1 heterocycles. The predicted molar refractivity (Wildman–Crippen MR) is 53.8 cm³/mol. The van der Waals surface area contributed by atoms with E-state index >= 15 is 0 Å². The summed E-state index contributed by atoms with van der Waals surface area (Å²) in [7, 11) is 0. The van der Waals surface area contributed by atoms with Crippen molar-refractivity contribution in [3.05, 3.63) is 0 Å². The van der Waals surface area contributed by atoms with Crippen molar-refractivity contribution in [2.45, 2.75) is 45.3 Å². The van der Waals surface area contributed by atoms with Crippen LogP contribution >= 0.6 is 0 Å². The minimum atomic E-state index is -0.341. The summed E-state index contributed by atoms with van der Waals surface area (Å²) >= 11 is 0. The molecule has 1 saturated heterocycles. The van der Waals surface area contributed by atoms with Gasteiger partial charge in [-0.05, 0) is 46.1 Å². The van der Waals surface area contributed by atoms with Crippen LogP contribution in [0.25, 0.3) is 0 Å². The third-order valence-corrected chi connectivity index (χ3v) is 3.07. The first kappa shape index (κ1) is 9.97. The number of carbonyl (C=O) groups is 1. The molecule has 0 unspecified atom stereocenters. The molecule has 0 amide bonds. The van der Waals surface area contributed by atoms with Gasteiger partial charge in [-0.3, -0.25) is 4.79 Å². The summed E-state index contributed by atoms with van der Waals surface area (Å²) in [5.74, 6) is 0.682. The number of nitrogens with one attached hydrogen (secondary N) is 1. The van der Waals surface area contributed by atoms with Crippen molar-refractivity contribution in [1.29, 1.82) is 0 Å². The highest BCUT2D eigenvalue weighted by molar-refractivity contribution is 5.74. The molecule has 3 heteroatoms. The van der Waals surface area contributed by atoms with Crippen molar-refractivity contribution in [3.63, 3.8) is 0 Å². The second-order valence-electron chi connectivity index (χ2n) is 5.48. The Labute approximate surface area is 85.2 Å². The third-order valence-electron chi connectivity index (χ3n) is 3.07. The van der Waals surface area contributed by atoms with Crippen LogP contribution in [0.4, 0.5) is 0 Å². The zero-order valence-electron chi connectivity index (χ0n) is 9.17. The Bertz CT molecular complexity index is 244. The van der Waals surface area contributed by atoms with E-state index in [4.69, 9.17) is 4.74 Å². The number of rotatable bonds is 1. The Hall–Kier alpha value is -0.570. The second kappa shape index (κ2) is 3.23. The van der Waals surface area contributed by atoms with Gasteiger partial charge >= 0.3 is 5.97 Å². The van der Waals surface area contributed by atoms with Crippen molar-refractivity contribution in [2.24, 2.45) is 11.8 Å². The quantitative estimate of drug-likeness (QED) is 0.644. The third kappa shape index (κ3) is 1.92. The van der Waals surface area contributed by atoms with Crippen LogP contribution < -0.4 is 5.32 Å². The molecule has 2 bridgehead atoms. The number of carbonyl (C=O) groups excluding carboxylic acids is 1. The average Bonchev–Trinajstić information content (AvgIpc) is 2.59. The normalized spacial score (nSPS) is 36.1. The molecule has 0 aromatic heterocycles. The smallest absolute Gasteiger partial charge is 0.309 e. The summed E-state index contributed by atoms with van der Waals surface area (Å²) in [5.41, 5.74) is -0.341. The van der Waals surface area contributed by atoms with Gasteiger partial charge in [-0.1, -0.05) is 0 Å². The summed E-state index contributed by atoms with van der Waals surface area (Å²) in [6.45, 7) is 6.78. The van der Waals surface area contributed by atoms with Gasteiger partial charge < -0.3 is 10.1 Å². The molecular weight excluding hydrogens is 178 g/mol.